The van der Waals surface area contributed by atoms with E-state index in [4.69, 9.17) is 0 Å². The number of piperazine rings is 1. The van der Waals surface area contributed by atoms with E-state index >= 15 is 0 Å². The van der Waals surface area contributed by atoms with Gasteiger partial charge in [0.2, 0.25) is 5.91 Å². The van der Waals surface area contributed by atoms with Crippen LogP contribution in [-0.2, 0) is 17.8 Å². The number of carbonyl (C=O) groups excluding carboxylic acids is 1. The van der Waals surface area contributed by atoms with Gasteiger partial charge in [-0.1, -0.05) is 6.07 Å². The lowest BCUT2D eigenvalue weighted by Crippen LogP contribution is -2.50. The molecule has 0 N–H and O–H groups in total. The van der Waals surface area contributed by atoms with Crippen LogP contribution in [0.1, 0.15) is 17.1 Å². The molecule has 0 saturated carbocycles. The predicted octanol–water partition coefficient (Wildman–Crippen LogP) is 1.89. The lowest BCUT2D eigenvalue weighted by molar-refractivity contribution is -0.133. The second kappa shape index (κ2) is 7.62. The molecule has 1 aliphatic heterocycles. The summed E-state index contributed by atoms with van der Waals surface area (Å²) in [6.45, 7) is 9.10. The Balaban J connectivity index is 1.45. The van der Waals surface area contributed by atoms with E-state index in [1.165, 1.54) is 0 Å². The SMILES string of the molecule is Cc1ccc(C)n1CC(=O)N1CCN(CCc2ccccn2)CC1. The fraction of sp³-hybridized carbons (Fsp3) is 0.474. The molecule has 1 aliphatic rings. The van der Waals surface area contributed by atoms with E-state index in [2.05, 4.69) is 46.5 Å². The van der Waals surface area contributed by atoms with Crippen LogP contribution < -0.4 is 0 Å². The molecule has 1 amide bonds. The van der Waals surface area contributed by atoms with Crippen molar-refractivity contribution in [3.63, 3.8) is 0 Å². The highest BCUT2D eigenvalue weighted by molar-refractivity contribution is 5.76. The number of rotatable bonds is 5. The van der Waals surface area contributed by atoms with Gasteiger partial charge in [0.1, 0.15) is 6.54 Å². The number of hydrogen-bond acceptors (Lipinski definition) is 3. The van der Waals surface area contributed by atoms with Crippen molar-refractivity contribution in [1.29, 1.82) is 0 Å². The monoisotopic (exact) mass is 326 g/mol. The highest BCUT2D eigenvalue weighted by Crippen LogP contribution is 2.10. The molecule has 1 fully saturated rings. The number of pyridine rings is 1. The number of hydrogen-bond donors (Lipinski definition) is 0. The average Bonchev–Trinajstić information content (AvgIpc) is 2.93. The summed E-state index contributed by atoms with van der Waals surface area (Å²) in [6, 6.07) is 10.2. The summed E-state index contributed by atoms with van der Waals surface area (Å²) < 4.78 is 2.09. The first-order valence-corrected chi connectivity index (χ1v) is 8.66. The van der Waals surface area contributed by atoms with Crippen LogP contribution in [0, 0.1) is 13.8 Å². The Labute approximate surface area is 143 Å². The fourth-order valence-corrected chi connectivity index (χ4v) is 3.22. The van der Waals surface area contributed by atoms with Gasteiger partial charge in [-0.05, 0) is 38.1 Å². The van der Waals surface area contributed by atoms with Gasteiger partial charge in [0.05, 0.1) is 0 Å². The second-order valence-corrected chi connectivity index (χ2v) is 6.50. The zero-order chi connectivity index (χ0) is 16.9. The molecule has 128 valence electrons. The zero-order valence-corrected chi connectivity index (χ0v) is 14.6. The molecule has 0 unspecified atom stereocenters. The van der Waals surface area contributed by atoms with Gasteiger partial charge < -0.3 is 9.47 Å². The van der Waals surface area contributed by atoms with Gasteiger partial charge >= 0.3 is 0 Å². The minimum Gasteiger partial charge on any atom is -0.340 e. The maximum Gasteiger partial charge on any atom is 0.242 e. The van der Waals surface area contributed by atoms with Crippen LogP contribution in [0.4, 0.5) is 0 Å². The van der Waals surface area contributed by atoms with E-state index in [1.54, 1.807) is 0 Å². The molecule has 0 atom stereocenters. The zero-order valence-electron chi connectivity index (χ0n) is 14.6. The molecule has 3 heterocycles. The Morgan fingerprint density at radius 2 is 1.75 bits per heavy atom. The number of carbonyl (C=O) groups is 1. The van der Waals surface area contributed by atoms with Crippen molar-refractivity contribution < 1.29 is 4.79 Å². The highest BCUT2D eigenvalue weighted by Gasteiger charge is 2.21. The Bertz CT molecular complexity index is 652. The largest absolute Gasteiger partial charge is 0.340 e. The van der Waals surface area contributed by atoms with E-state index in [0.717, 1.165) is 56.2 Å². The minimum atomic E-state index is 0.224. The number of amides is 1. The van der Waals surface area contributed by atoms with Crippen molar-refractivity contribution in [2.45, 2.75) is 26.8 Å². The lowest BCUT2D eigenvalue weighted by atomic mass is 10.2. The minimum absolute atomic E-state index is 0.224. The van der Waals surface area contributed by atoms with Crippen LogP contribution in [0.2, 0.25) is 0 Å². The van der Waals surface area contributed by atoms with Crippen molar-refractivity contribution in [3.8, 4) is 0 Å². The quantitative estimate of drug-likeness (QED) is 0.842. The molecule has 2 aromatic rings. The van der Waals surface area contributed by atoms with Crippen molar-refractivity contribution in [2.75, 3.05) is 32.7 Å². The summed E-state index contributed by atoms with van der Waals surface area (Å²) in [7, 11) is 0. The van der Waals surface area contributed by atoms with E-state index in [-0.39, 0.29) is 5.91 Å². The molecule has 0 bridgehead atoms. The summed E-state index contributed by atoms with van der Waals surface area (Å²) in [4.78, 5) is 21.3. The van der Waals surface area contributed by atoms with Gasteiger partial charge in [-0.2, -0.15) is 0 Å². The van der Waals surface area contributed by atoms with Crippen molar-refractivity contribution in [3.05, 3.63) is 53.6 Å². The first kappa shape index (κ1) is 16.7. The van der Waals surface area contributed by atoms with Gasteiger partial charge in [0.25, 0.3) is 0 Å². The third kappa shape index (κ3) is 4.03. The molecule has 5 nitrogen and oxygen atoms in total. The lowest BCUT2D eigenvalue weighted by Gasteiger charge is -2.35. The van der Waals surface area contributed by atoms with Crippen LogP contribution in [-0.4, -0.2) is 58.0 Å². The summed E-state index contributed by atoms with van der Waals surface area (Å²) in [6.07, 6.45) is 2.81. The first-order valence-electron chi connectivity index (χ1n) is 8.66. The molecule has 0 radical (unpaired) electrons. The normalized spacial score (nSPS) is 15.7. The standard InChI is InChI=1S/C19H26N4O/c1-16-6-7-17(2)23(16)15-19(24)22-13-11-21(12-14-22)10-8-18-5-3-4-9-20-18/h3-7,9H,8,10-15H2,1-2H3. The Morgan fingerprint density at radius 1 is 1.04 bits per heavy atom. The van der Waals surface area contributed by atoms with E-state index < -0.39 is 0 Å². The van der Waals surface area contributed by atoms with Crippen molar-refractivity contribution >= 4 is 5.91 Å². The number of aryl methyl sites for hydroxylation is 2. The van der Waals surface area contributed by atoms with Gasteiger partial charge in [-0.15, -0.1) is 0 Å². The van der Waals surface area contributed by atoms with E-state index in [1.807, 2.05) is 23.2 Å². The van der Waals surface area contributed by atoms with Crippen molar-refractivity contribution in [1.82, 2.24) is 19.4 Å². The van der Waals surface area contributed by atoms with Crippen LogP contribution in [0.15, 0.2) is 36.5 Å². The molecule has 0 aromatic carbocycles. The predicted molar refractivity (Wildman–Crippen MR) is 94.9 cm³/mol. The first-order chi connectivity index (χ1) is 11.6. The maximum absolute atomic E-state index is 12.5. The summed E-state index contributed by atoms with van der Waals surface area (Å²) in [5, 5.41) is 0. The molecule has 24 heavy (non-hydrogen) atoms. The van der Waals surface area contributed by atoms with Crippen LogP contribution >= 0.6 is 0 Å². The van der Waals surface area contributed by atoms with Crippen LogP contribution in [0.5, 0.6) is 0 Å². The summed E-state index contributed by atoms with van der Waals surface area (Å²) >= 11 is 0. The Morgan fingerprint density at radius 3 is 2.38 bits per heavy atom. The molecule has 3 rings (SSSR count). The molecule has 1 saturated heterocycles. The third-order valence-corrected chi connectivity index (χ3v) is 4.85. The van der Waals surface area contributed by atoms with Gasteiger partial charge in [0, 0.05) is 62.4 Å². The molecule has 2 aromatic heterocycles. The van der Waals surface area contributed by atoms with Crippen LogP contribution in [0.25, 0.3) is 0 Å². The van der Waals surface area contributed by atoms with Gasteiger partial charge in [-0.3, -0.25) is 14.7 Å². The third-order valence-electron chi connectivity index (χ3n) is 4.85. The smallest absolute Gasteiger partial charge is 0.242 e. The molecule has 0 aliphatic carbocycles. The fourth-order valence-electron chi connectivity index (χ4n) is 3.22. The van der Waals surface area contributed by atoms with Gasteiger partial charge in [-0.25, -0.2) is 0 Å². The number of aromatic nitrogens is 2. The highest BCUT2D eigenvalue weighted by atomic mass is 16.2. The average molecular weight is 326 g/mol. The van der Waals surface area contributed by atoms with Gasteiger partial charge in [0.15, 0.2) is 0 Å². The van der Waals surface area contributed by atoms with E-state index in [9.17, 15) is 4.79 Å². The van der Waals surface area contributed by atoms with Crippen LogP contribution in [0.3, 0.4) is 0 Å². The topological polar surface area (TPSA) is 41.4 Å². The Kier molecular flexibility index (Phi) is 5.30. The summed E-state index contributed by atoms with van der Waals surface area (Å²) in [5.41, 5.74) is 3.43. The molecule has 0 spiro atoms. The Hall–Kier alpha value is -2.14. The second-order valence-electron chi connectivity index (χ2n) is 6.50. The maximum atomic E-state index is 12.5. The molecule has 5 heteroatoms. The molecular formula is C19H26N4O. The van der Waals surface area contributed by atoms with Crippen molar-refractivity contribution in [2.24, 2.45) is 0 Å². The molecular weight excluding hydrogens is 300 g/mol. The number of nitrogens with zero attached hydrogens (tertiary/aromatic N) is 4. The van der Waals surface area contributed by atoms with E-state index in [0.29, 0.717) is 6.54 Å². The summed E-state index contributed by atoms with van der Waals surface area (Å²) in [5.74, 6) is 0.224.